The Bertz CT molecular complexity index is 737. The Morgan fingerprint density at radius 3 is 2.55 bits per heavy atom. The predicted molar refractivity (Wildman–Crippen MR) is 110 cm³/mol. The van der Waals surface area contributed by atoms with Gasteiger partial charge >= 0.3 is 0 Å². The third-order valence-corrected chi connectivity index (χ3v) is 10.2. The largest absolute Gasteiger partial charge is 0.391 e. The number of nitrogens with zero attached hydrogens (tertiary/aromatic N) is 4. The van der Waals surface area contributed by atoms with Crippen LogP contribution in [0.2, 0.25) is 0 Å². The zero-order chi connectivity index (χ0) is 20.4. The van der Waals surface area contributed by atoms with Crippen LogP contribution >= 0.6 is 0 Å². The Kier molecular flexibility index (Phi) is 4.63. The summed E-state index contributed by atoms with van der Waals surface area (Å²) in [7, 11) is 0. The number of hydrogen-bond acceptors (Lipinski definition) is 5. The highest BCUT2D eigenvalue weighted by Crippen LogP contribution is 2.68. The maximum atomic E-state index is 11.1. The molecule has 0 amide bonds. The quantitative estimate of drug-likeness (QED) is 0.809. The van der Waals surface area contributed by atoms with Gasteiger partial charge in [-0.3, -0.25) is 0 Å². The minimum Gasteiger partial charge on any atom is -0.391 e. The number of rotatable bonds is 3. The van der Waals surface area contributed by atoms with Gasteiger partial charge in [-0.15, -0.1) is 10.2 Å². The van der Waals surface area contributed by atoms with E-state index >= 15 is 0 Å². The summed E-state index contributed by atoms with van der Waals surface area (Å²) in [6, 6.07) is 0. The molecule has 2 N–H and O–H groups in total. The van der Waals surface area contributed by atoms with E-state index in [9.17, 15) is 10.2 Å². The van der Waals surface area contributed by atoms with Crippen LogP contribution < -0.4 is 0 Å². The van der Waals surface area contributed by atoms with Crippen molar-refractivity contribution in [2.45, 2.75) is 96.8 Å². The van der Waals surface area contributed by atoms with E-state index in [2.05, 4.69) is 29.3 Å². The fourth-order valence-corrected chi connectivity index (χ4v) is 8.67. The summed E-state index contributed by atoms with van der Waals surface area (Å²) in [5.41, 5.74) is 0.163. The van der Waals surface area contributed by atoms with E-state index in [1.165, 1.54) is 49.6 Å². The first-order valence-electron chi connectivity index (χ1n) is 11.8. The van der Waals surface area contributed by atoms with Gasteiger partial charge in [0.05, 0.1) is 18.2 Å². The number of tetrazole rings is 1. The average Bonchev–Trinajstić information content (AvgIpc) is 3.29. The molecule has 5 rings (SSSR count). The molecule has 0 aliphatic heterocycles. The number of aliphatic hydroxyl groups excluding tert-OH is 1. The summed E-state index contributed by atoms with van der Waals surface area (Å²) in [5, 5.41) is 33.6. The van der Waals surface area contributed by atoms with Gasteiger partial charge < -0.3 is 10.2 Å². The molecule has 4 aliphatic carbocycles. The van der Waals surface area contributed by atoms with Crippen LogP contribution in [0.25, 0.3) is 0 Å². The second-order valence-electron chi connectivity index (χ2n) is 11.6. The molecule has 9 atom stereocenters. The maximum Gasteiger partial charge on any atom is 0.162 e. The molecule has 2 unspecified atom stereocenters. The molecule has 1 aromatic rings. The fraction of sp³-hybridized carbons (Fsp3) is 0.957. The Balaban J connectivity index is 1.35. The van der Waals surface area contributed by atoms with Gasteiger partial charge in [0.15, 0.2) is 6.33 Å². The summed E-state index contributed by atoms with van der Waals surface area (Å²) in [4.78, 5) is 1.53. The van der Waals surface area contributed by atoms with E-state index in [-0.39, 0.29) is 5.41 Å². The van der Waals surface area contributed by atoms with Gasteiger partial charge in [0.2, 0.25) is 0 Å². The minimum atomic E-state index is -0.460. The minimum absolute atomic E-state index is 0.227. The van der Waals surface area contributed by atoms with E-state index in [1.54, 1.807) is 0 Å². The SMILES string of the molecule is C[C@@]1(O)CC[C@@]2(C)[C@H](CCC3[C@@H]2CC[C@]2(C)[C@@H](C(O)Cn4ncnn4)CC[C@@H]32)C1. The van der Waals surface area contributed by atoms with Crippen LogP contribution in [0.1, 0.15) is 78.6 Å². The lowest BCUT2D eigenvalue weighted by Gasteiger charge is -2.62. The van der Waals surface area contributed by atoms with Gasteiger partial charge in [-0.2, -0.15) is 4.80 Å². The summed E-state index contributed by atoms with van der Waals surface area (Å²) in [5.74, 6) is 3.32. The zero-order valence-electron chi connectivity index (χ0n) is 18.3. The summed E-state index contributed by atoms with van der Waals surface area (Å²) >= 11 is 0. The Labute approximate surface area is 174 Å². The molecular weight excluding hydrogens is 364 g/mol. The molecule has 4 fully saturated rings. The predicted octanol–water partition coefficient (Wildman–Crippen LogP) is 3.44. The molecule has 0 bridgehead atoms. The molecule has 6 nitrogen and oxygen atoms in total. The third kappa shape index (κ3) is 3.08. The van der Waals surface area contributed by atoms with Crippen molar-refractivity contribution in [1.29, 1.82) is 0 Å². The molecule has 0 saturated heterocycles. The van der Waals surface area contributed by atoms with E-state index < -0.39 is 11.7 Å². The number of hydrogen-bond donors (Lipinski definition) is 2. The molecule has 4 aliphatic rings. The fourth-order valence-electron chi connectivity index (χ4n) is 8.67. The third-order valence-electron chi connectivity index (χ3n) is 10.2. The highest BCUT2D eigenvalue weighted by atomic mass is 16.3. The molecule has 29 heavy (non-hydrogen) atoms. The van der Waals surface area contributed by atoms with Crippen molar-refractivity contribution in [3.63, 3.8) is 0 Å². The van der Waals surface area contributed by atoms with Crippen LogP contribution in [0.4, 0.5) is 0 Å². The molecule has 4 saturated carbocycles. The van der Waals surface area contributed by atoms with Gasteiger partial charge in [0.25, 0.3) is 0 Å². The second kappa shape index (κ2) is 6.74. The summed E-state index contributed by atoms with van der Waals surface area (Å²) in [6.45, 7) is 7.51. The molecule has 1 heterocycles. The topological polar surface area (TPSA) is 84.1 Å². The van der Waals surface area contributed by atoms with Gasteiger partial charge in [-0.1, -0.05) is 13.8 Å². The maximum absolute atomic E-state index is 11.1. The Hall–Kier alpha value is -1.01. The van der Waals surface area contributed by atoms with Gasteiger partial charge in [-0.05, 0) is 110 Å². The first kappa shape index (κ1) is 19.9. The lowest BCUT2D eigenvalue weighted by atomic mass is 9.44. The standard InChI is InChI=1S/C23H38N4O2/c1-21(29)10-11-22(2)15(12-21)4-5-16-17-6-7-19(23(17,3)9-8-18(16)22)20(28)13-27-25-14-24-26-27/h14-20,28-29H,4-13H2,1-3H3/t15-,16?,17+,18+,19-,20?,21-,22+,23+/m1/s1. The first-order chi connectivity index (χ1) is 13.7. The van der Waals surface area contributed by atoms with Crippen LogP contribution in [0, 0.1) is 40.4 Å². The number of fused-ring (bicyclic) bond motifs is 5. The van der Waals surface area contributed by atoms with Crippen molar-refractivity contribution >= 4 is 0 Å². The van der Waals surface area contributed by atoms with E-state index in [1.807, 2.05) is 6.92 Å². The molecule has 0 radical (unpaired) electrons. The van der Waals surface area contributed by atoms with Crippen molar-refractivity contribution in [2.75, 3.05) is 0 Å². The van der Waals surface area contributed by atoms with Crippen molar-refractivity contribution < 1.29 is 10.2 Å². The highest BCUT2D eigenvalue weighted by molar-refractivity contribution is 5.10. The number of aromatic nitrogens is 4. The van der Waals surface area contributed by atoms with Gasteiger partial charge in [-0.25, -0.2) is 0 Å². The smallest absolute Gasteiger partial charge is 0.162 e. The first-order valence-corrected chi connectivity index (χ1v) is 11.8. The molecular formula is C23H38N4O2. The van der Waals surface area contributed by atoms with Crippen LogP contribution in [0.15, 0.2) is 6.33 Å². The number of aliphatic hydroxyl groups is 2. The average molecular weight is 403 g/mol. The van der Waals surface area contributed by atoms with Crippen molar-refractivity contribution in [1.82, 2.24) is 20.2 Å². The van der Waals surface area contributed by atoms with Crippen LogP contribution in [-0.4, -0.2) is 42.1 Å². The van der Waals surface area contributed by atoms with Crippen molar-refractivity contribution in [2.24, 2.45) is 40.4 Å². The van der Waals surface area contributed by atoms with Crippen LogP contribution in [-0.2, 0) is 6.54 Å². The van der Waals surface area contributed by atoms with E-state index in [0.29, 0.717) is 23.8 Å². The van der Waals surface area contributed by atoms with Gasteiger partial charge in [0.1, 0.15) is 0 Å². The summed E-state index contributed by atoms with van der Waals surface area (Å²) in [6.07, 6.45) is 11.6. The Morgan fingerprint density at radius 2 is 1.79 bits per heavy atom. The monoisotopic (exact) mass is 402 g/mol. The van der Waals surface area contributed by atoms with Crippen molar-refractivity contribution in [3.8, 4) is 0 Å². The van der Waals surface area contributed by atoms with Gasteiger partial charge in [0, 0.05) is 0 Å². The Morgan fingerprint density at radius 1 is 1.00 bits per heavy atom. The molecule has 0 spiro atoms. The highest BCUT2D eigenvalue weighted by Gasteiger charge is 2.61. The van der Waals surface area contributed by atoms with E-state index in [0.717, 1.165) is 37.0 Å². The molecule has 6 heteroatoms. The summed E-state index contributed by atoms with van der Waals surface area (Å²) < 4.78 is 0. The van der Waals surface area contributed by atoms with Crippen LogP contribution in [0.5, 0.6) is 0 Å². The van der Waals surface area contributed by atoms with E-state index in [4.69, 9.17) is 0 Å². The van der Waals surface area contributed by atoms with Crippen molar-refractivity contribution in [3.05, 3.63) is 6.33 Å². The molecule has 162 valence electrons. The molecule has 0 aromatic carbocycles. The lowest BCUT2D eigenvalue weighted by molar-refractivity contribution is -0.150. The zero-order valence-corrected chi connectivity index (χ0v) is 18.3. The second-order valence-corrected chi connectivity index (χ2v) is 11.6. The normalized spacial score (nSPS) is 50.4. The van der Waals surface area contributed by atoms with Crippen LogP contribution in [0.3, 0.4) is 0 Å². The lowest BCUT2D eigenvalue weighted by Crippen LogP contribution is -2.56. The molecule has 1 aromatic heterocycles.